The summed E-state index contributed by atoms with van der Waals surface area (Å²) in [6.07, 6.45) is 1.50. The maximum atomic E-state index is 13.4. The van der Waals surface area contributed by atoms with Crippen molar-refractivity contribution in [1.29, 1.82) is 0 Å². The largest absolute Gasteiger partial charge is 0.275 e. The van der Waals surface area contributed by atoms with E-state index in [-0.39, 0.29) is 11.2 Å². The molecule has 0 aliphatic carbocycles. The van der Waals surface area contributed by atoms with E-state index in [4.69, 9.17) is 5.53 Å². The van der Waals surface area contributed by atoms with Gasteiger partial charge in [0, 0.05) is 10.3 Å². The van der Waals surface area contributed by atoms with Gasteiger partial charge in [-0.1, -0.05) is 11.2 Å². The number of aromatic amines is 1. The molecule has 0 radical (unpaired) electrons. The lowest BCUT2D eigenvalue weighted by Gasteiger charge is -1.94. The number of benzene rings is 1. The maximum Gasteiger partial charge on any atom is 0.158 e. The van der Waals surface area contributed by atoms with Crippen molar-refractivity contribution in [3.8, 4) is 0 Å². The van der Waals surface area contributed by atoms with E-state index in [9.17, 15) is 4.39 Å². The molecule has 5 nitrogen and oxygen atoms in total. The second-order valence-corrected chi connectivity index (χ2v) is 2.42. The lowest BCUT2D eigenvalue weighted by atomic mass is 10.2. The molecule has 1 aromatic carbocycles. The lowest BCUT2D eigenvalue weighted by Crippen LogP contribution is -1.78. The molecular weight excluding hydrogens is 173 g/mol. The minimum absolute atomic E-state index is 0.0285. The molecule has 13 heavy (non-hydrogen) atoms. The van der Waals surface area contributed by atoms with Gasteiger partial charge in [0.25, 0.3) is 0 Å². The SMILES string of the molecule is [N-]=[N+]=Nc1ccc2cn[nH]c2c1F. The first kappa shape index (κ1) is 7.57. The van der Waals surface area contributed by atoms with Gasteiger partial charge in [-0.3, -0.25) is 5.10 Å². The van der Waals surface area contributed by atoms with E-state index in [2.05, 4.69) is 20.2 Å². The summed E-state index contributed by atoms with van der Waals surface area (Å²) in [5.41, 5.74) is 8.36. The molecule has 0 atom stereocenters. The Hall–Kier alpha value is -2.07. The van der Waals surface area contributed by atoms with E-state index in [1.54, 1.807) is 6.07 Å². The van der Waals surface area contributed by atoms with Crippen LogP contribution in [0, 0.1) is 5.82 Å². The number of halogens is 1. The normalized spacial score (nSPS) is 9.92. The van der Waals surface area contributed by atoms with Gasteiger partial charge in [-0.2, -0.15) is 5.10 Å². The van der Waals surface area contributed by atoms with E-state index in [1.807, 2.05) is 0 Å². The van der Waals surface area contributed by atoms with Crippen LogP contribution in [0.1, 0.15) is 0 Å². The second-order valence-electron chi connectivity index (χ2n) is 2.42. The van der Waals surface area contributed by atoms with Crippen LogP contribution in [-0.2, 0) is 0 Å². The highest BCUT2D eigenvalue weighted by molar-refractivity contribution is 5.81. The Labute approximate surface area is 71.8 Å². The molecule has 2 rings (SSSR count). The molecule has 0 aliphatic rings. The molecule has 1 aromatic heterocycles. The van der Waals surface area contributed by atoms with Gasteiger partial charge in [0.15, 0.2) is 5.82 Å². The molecule has 0 saturated carbocycles. The van der Waals surface area contributed by atoms with Crippen molar-refractivity contribution in [2.75, 3.05) is 0 Å². The quantitative estimate of drug-likeness (QED) is 0.405. The van der Waals surface area contributed by atoms with Crippen molar-refractivity contribution in [2.24, 2.45) is 5.11 Å². The summed E-state index contributed by atoms with van der Waals surface area (Å²) < 4.78 is 13.4. The summed E-state index contributed by atoms with van der Waals surface area (Å²) in [4.78, 5) is 2.51. The zero-order chi connectivity index (χ0) is 9.26. The van der Waals surface area contributed by atoms with Crippen LogP contribution >= 0.6 is 0 Å². The predicted molar refractivity (Wildman–Crippen MR) is 44.9 cm³/mol. The van der Waals surface area contributed by atoms with Gasteiger partial charge in [0.05, 0.1) is 11.9 Å². The molecule has 64 valence electrons. The number of hydrogen-bond acceptors (Lipinski definition) is 2. The molecule has 2 aromatic rings. The fourth-order valence-electron chi connectivity index (χ4n) is 1.09. The Kier molecular flexibility index (Phi) is 1.61. The number of azide groups is 1. The minimum atomic E-state index is -0.576. The van der Waals surface area contributed by atoms with E-state index < -0.39 is 5.82 Å². The van der Waals surface area contributed by atoms with Gasteiger partial charge in [-0.15, -0.1) is 0 Å². The average molecular weight is 177 g/mol. The Morgan fingerprint density at radius 1 is 1.54 bits per heavy atom. The smallest absolute Gasteiger partial charge is 0.158 e. The summed E-state index contributed by atoms with van der Waals surface area (Å²) in [6.45, 7) is 0. The standard InChI is InChI=1S/C7H4FN5/c8-6-5(11-13-9)2-1-4-3-10-12-7(4)6/h1-3H,(H,10,12). The van der Waals surface area contributed by atoms with Gasteiger partial charge in [0.2, 0.25) is 0 Å². The van der Waals surface area contributed by atoms with Gasteiger partial charge in [-0.05, 0) is 11.6 Å². The molecule has 0 amide bonds. The molecular formula is C7H4FN5. The number of fused-ring (bicyclic) bond motifs is 1. The Morgan fingerprint density at radius 3 is 3.15 bits per heavy atom. The summed E-state index contributed by atoms with van der Waals surface area (Å²) >= 11 is 0. The van der Waals surface area contributed by atoms with Crippen molar-refractivity contribution < 1.29 is 4.39 Å². The highest BCUT2D eigenvalue weighted by Crippen LogP contribution is 2.24. The van der Waals surface area contributed by atoms with Crippen LogP contribution in [0.4, 0.5) is 10.1 Å². The fraction of sp³-hybridized carbons (Fsp3) is 0. The average Bonchev–Trinajstić information content (AvgIpc) is 2.58. The van der Waals surface area contributed by atoms with Gasteiger partial charge in [0.1, 0.15) is 5.52 Å². The van der Waals surface area contributed by atoms with Crippen molar-refractivity contribution in [2.45, 2.75) is 0 Å². The third-order valence-corrected chi connectivity index (χ3v) is 1.69. The zero-order valence-corrected chi connectivity index (χ0v) is 6.40. The highest BCUT2D eigenvalue weighted by atomic mass is 19.1. The van der Waals surface area contributed by atoms with Crippen LogP contribution < -0.4 is 0 Å². The molecule has 0 unspecified atom stereocenters. The molecule has 0 fully saturated rings. The molecule has 6 heteroatoms. The van der Waals surface area contributed by atoms with Gasteiger partial charge in [-0.25, -0.2) is 4.39 Å². The molecule has 0 bridgehead atoms. The summed E-state index contributed by atoms with van der Waals surface area (Å²) in [5.74, 6) is -0.576. The van der Waals surface area contributed by atoms with Crippen LogP contribution in [0.3, 0.4) is 0 Å². The lowest BCUT2D eigenvalue weighted by molar-refractivity contribution is 0.638. The molecule has 1 heterocycles. The number of aromatic nitrogens is 2. The van der Waals surface area contributed by atoms with Gasteiger partial charge < -0.3 is 0 Å². The van der Waals surface area contributed by atoms with E-state index in [1.165, 1.54) is 12.3 Å². The molecule has 0 saturated heterocycles. The zero-order valence-electron chi connectivity index (χ0n) is 6.40. The van der Waals surface area contributed by atoms with E-state index >= 15 is 0 Å². The summed E-state index contributed by atoms with van der Waals surface area (Å²) in [7, 11) is 0. The second kappa shape index (κ2) is 2.76. The number of rotatable bonds is 1. The Bertz CT molecular complexity index is 497. The number of nitrogens with zero attached hydrogens (tertiary/aromatic N) is 4. The molecule has 1 N–H and O–H groups in total. The molecule has 0 spiro atoms. The maximum absolute atomic E-state index is 13.4. The van der Waals surface area contributed by atoms with Crippen LogP contribution in [-0.4, -0.2) is 10.2 Å². The van der Waals surface area contributed by atoms with E-state index in [0.29, 0.717) is 5.39 Å². The first-order chi connectivity index (χ1) is 6.33. The van der Waals surface area contributed by atoms with Crippen LogP contribution in [0.5, 0.6) is 0 Å². The first-order valence-corrected chi connectivity index (χ1v) is 3.49. The van der Waals surface area contributed by atoms with Gasteiger partial charge >= 0.3 is 0 Å². The first-order valence-electron chi connectivity index (χ1n) is 3.49. The number of H-pyrrole nitrogens is 1. The van der Waals surface area contributed by atoms with E-state index in [0.717, 1.165) is 0 Å². The number of hydrogen-bond donors (Lipinski definition) is 1. The Balaban J connectivity index is 2.80. The predicted octanol–water partition coefficient (Wildman–Crippen LogP) is 2.64. The molecule has 0 aliphatic heterocycles. The highest BCUT2D eigenvalue weighted by Gasteiger charge is 2.06. The van der Waals surface area contributed by atoms with Crippen molar-refractivity contribution in [1.82, 2.24) is 10.2 Å². The van der Waals surface area contributed by atoms with Crippen LogP contribution in [0.15, 0.2) is 23.4 Å². The monoisotopic (exact) mass is 177 g/mol. The van der Waals surface area contributed by atoms with Crippen LogP contribution in [0.2, 0.25) is 0 Å². The number of nitrogens with one attached hydrogen (secondary N) is 1. The summed E-state index contributed by atoms with van der Waals surface area (Å²) in [6, 6.07) is 3.04. The third-order valence-electron chi connectivity index (χ3n) is 1.69. The van der Waals surface area contributed by atoms with Crippen molar-refractivity contribution in [3.05, 3.63) is 34.6 Å². The topological polar surface area (TPSA) is 77.4 Å². The van der Waals surface area contributed by atoms with Crippen LogP contribution in [0.25, 0.3) is 21.3 Å². The fourth-order valence-corrected chi connectivity index (χ4v) is 1.09. The Morgan fingerprint density at radius 2 is 2.38 bits per heavy atom. The van der Waals surface area contributed by atoms with Crippen molar-refractivity contribution >= 4 is 16.6 Å². The minimum Gasteiger partial charge on any atom is -0.275 e. The van der Waals surface area contributed by atoms with Crippen molar-refractivity contribution in [3.63, 3.8) is 0 Å². The summed E-state index contributed by atoms with van der Waals surface area (Å²) in [5, 5.41) is 9.98. The third kappa shape index (κ3) is 1.09.